The van der Waals surface area contributed by atoms with E-state index in [1.165, 1.54) is 0 Å². The van der Waals surface area contributed by atoms with E-state index in [-0.39, 0.29) is 18.1 Å². The summed E-state index contributed by atoms with van der Waals surface area (Å²) in [5.74, 6) is 0.256. The average Bonchev–Trinajstić information content (AvgIpc) is 3.03. The molecule has 0 bridgehead atoms. The average molecular weight is 488 g/mol. The van der Waals surface area contributed by atoms with Crippen LogP contribution >= 0.6 is 34.8 Å². The Kier molecular flexibility index (Phi) is 6.70. The zero-order chi connectivity index (χ0) is 22.7. The van der Waals surface area contributed by atoms with Crippen molar-refractivity contribution >= 4 is 52.8 Å². The number of urea groups is 1. The highest BCUT2D eigenvalue weighted by molar-refractivity contribution is 6.35. The van der Waals surface area contributed by atoms with Crippen molar-refractivity contribution in [3.63, 3.8) is 0 Å². The number of hydrogen-bond donors (Lipinski definition) is 1. The van der Waals surface area contributed by atoms with E-state index in [0.29, 0.717) is 27.4 Å². The summed E-state index contributed by atoms with van der Waals surface area (Å²) in [6.07, 6.45) is 1.63. The van der Waals surface area contributed by atoms with Crippen molar-refractivity contribution in [1.29, 1.82) is 0 Å². The molecule has 5 nitrogen and oxygen atoms in total. The van der Waals surface area contributed by atoms with E-state index in [0.717, 1.165) is 21.6 Å². The normalized spacial score (nSPS) is 14.7. The fourth-order valence-electron chi connectivity index (χ4n) is 3.11. The molecule has 1 aliphatic rings. The van der Waals surface area contributed by atoms with E-state index >= 15 is 0 Å². The van der Waals surface area contributed by atoms with Crippen LogP contribution in [-0.2, 0) is 17.9 Å². The Morgan fingerprint density at radius 1 is 0.875 bits per heavy atom. The fourth-order valence-corrected chi connectivity index (χ4v) is 3.70. The van der Waals surface area contributed by atoms with Crippen molar-refractivity contribution in [1.82, 2.24) is 10.2 Å². The summed E-state index contributed by atoms with van der Waals surface area (Å²) in [6, 6.07) is 18.9. The zero-order valence-electron chi connectivity index (χ0n) is 16.6. The zero-order valence-corrected chi connectivity index (χ0v) is 18.9. The molecule has 4 rings (SSSR count). The topological polar surface area (TPSA) is 58.6 Å². The number of nitrogens with zero attached hydrogens (tertiary/aromatic N) is 1. The lowest BCUT2D eigenvalue weighted by atomic mass is 10.1. The van der Waals surface area contributed by atoms with Crippen molar-refractivity contribution in [3.8, 4) is 5.75 Å². The van der Waals surface area contributed by atoms with Gasteiger partial charge < -0.3 is 10.1 Å². The molecule has 3 amide bonds. The van der Waals surface area contributed by atoms with E-state index in [4.69, 9.17) is 39.5 Å². The Bertz CT molecular complexity index is 1190. The van der Waals surface area contributed by atoms with Gasteiger partial charge in [-0.05, 0) is 53.6 Å². The number of hydrogen-bond acceptors (Lipinski definition) is 3. The molecule has 3 aromatic rings. The smallest absolute Gasteiger partial charge is 0.329 e. The van der Waals surface area contributed by atoms with Crippen LogP contribution in [0.4, 0.5) is 4.79 Å². The van der Waals surface area contributed by atoms with Gasteiger partial charge in [0.15, 0.2) is 0 Å². The molecule has 32 heavy (non-hydrogen) atoms. The predicted octanol–water partition coefficient (Wildman–Crippen LogP) is 6.32. The number of halogens is 3. The second kappa shape index (κ2) is 9.65. The third-order valence-electron chi connectivity index (χ3n) is 4.82. The molecule has 1 N–H and O–H groups in total. The van der Waals surface area contributed by atoms with Crippen LogP contribution in [0.15, 0.2) is 72.4 Å². The summed E-state index contributed by atoms with van der Waals surface area (Å²) in [5.41, 5.74) is 2.59. The molecule has 0 unspecified atom stereocenters. The first kappa shape index (κ1) is 22.2. The molecule has 3 aromatic carbocycles. The van der Waals surface area contributed by atoms with Crippen LogP contribution in [0, 0.1) is 0 Å². The third kappa shape index (κ3) is 5.25. The Morgan fingerprint density at radius 2 is 1.56 bits per heavy atom. The second-order valence-corrected chi connectivity index (χ2v) is 8.38. The number of carbonyl (C=O) groups excluding carboxylic acids is 2. The van der Waals surface area contributed by atoms with Crippen LogP contribution in [0.1, 0.15) is 16.7 Å². The van der Waals surface area contributed by atoms with Crippen molar-refractivity contribution in [2.24, 2.45) is 0 Å². The van der Waals surface area contributed by atoms with Crippen LogP contribution in [-0.4, -0.2) is 16.8 Å². The van der Waals surface area contributed by atoms with Crippen molar-refractivity contribution in [2.45, 2.75) is 13.2 Å². The second-order valence-electron chi connectivity index (χ2n) is 7.10. The van der Waals surface area contributed by atoms with Crippen LogP contribution < -0.4 is 10.1 Å². The number of nitrogens with one attached hydrogen (secondary N) is 1. The minimum absolute atomic E-state index is 0.166. The minimum atomic E-state index is -0.462. The van der Waals surface area contributed by atoms with Crippen LogP contribution in [0.25, 0.3) is 6.08 Å². The van der Waals surface area contributed by atoms with Gasteiger partial charge in [0, 0.05) is 20.6 Å². The maximum atomic E-state index is 12.7. The lowest BCUT2D eigenvalue weighted by molar-refractivity contribution is -0.123. The third-order valence-corrected chi connectivity index (χ3v) is 5.66. The van der Waals surface area contributed by atoms with Gasteiger partial charge in [0.05, 0.1) is 6.54 Å². The quantitative estimate of drug-likeness (QED) is 0.327. The molecule has 0 spiro atoms. The molecule has 162 valence electrons. The number of amides is 3. The Morgan fingerprint density at radius 3 is 2.25 bits per heavy atom. The molecule has 1 fully saturated rings. The summed E-state index contributed by atoms with van der Waals surface area (Å²) in [7, 11) is 0. The summed E-state index contributed by atoms with van der Waals surface area (Å²) >= 11 is 18.0. The first-order valence-electron chi connectivity index (χ1n) is 9.65. The largest absolute Gasteiger partial charge is 0.489 e. The summed E-state index contributed by atoms with van der Waals surface area (Å²) in [4.78, 5) is 26.1. The number of benzene rings is 3. The predicted molar refractivity (Wildman–Crippen MR) is 126 cm³/mol. The van der Waals surface area contributed by atoms with E-state index in [2.05, 4.69) is 5.32 Å². The maximum absolute atomic E-state index is 12.7. The van der Waals surface area contributed by atoms with Crippen LogP contribution in [0.5, 0.6) is 5.75 Å². The van der Waals surface area contributed by atoms with Crippen LogP contribution in [0.2, 0.25) is 15.1 Å². The number of imide groups is 1. The minimum Gasteiger partial charge on any atom is -0.489 e. The van der Waals surface area contributed by atoms with E-state index in [9.17, 15) is 9.59 Å². The van der Waals surface area contributed by atoms with E-state index < -0.39 is 6.03 Å². The van der Waals surface area contributed by atoms with Crippen molar-refractivity contribution in [3.05, 3.63) is 104 Å². The van der Waals surface area contributed by atoms with Gasteiger partial charge in [-0.2, -0.15) is 0 Å². The maximum Gasteiger partial charge on any atom is 0.329 e. The molecule has 0 atom stereocenters. The van der Waals surface area contributed by atoms with E-state index in [1.54, 1.807) is 66.7 Å². The molecule has 0 radical (unpaired) electrons. The summed E-state index contributed by atoms with van der Waals surface area (Å²) in [5, 5.41) is 4.32. The molecular formula is C24H17Cl3N2O3. The first-order valence-corrected chi connectivity index (χ1v) is 10.8. The van der Waals surface area contributed by atoms with Gasteiger partial charge in [0.1, 0.15) is 18.1 Å². The van der Waals surface area contributed by atoms with Crippen molar-refractivity contribution < 1.29 is 14.3 Å². The Balaban J connectivity index is 1.40. The van der Waals surface area contributed by atoms with Gasteiger partial charge in [0.25, 0.3) is 5.91 Å². The Hall–Kier alpha value is -2.99. The fraction of sp³-hybridized carbons (Fsp3) is 0.0833. The molecule has 1 aliphatic heterocycles. The van der Waals surface area contributed by atoms with Gasteiger partial charge in [-0.3, -0.25) is 9.69 Å². The van der Waals surface area contributed by atoms with Crippen LogP contribution in [0.3, 0.4) is 0 Å². The van der Waals surface area contributed by atoms with Gasteiger partial charge >= 0.3 is 6.03 Å². The van der Waals surface area contributed by atoms with Gasteiger partial charge in [-0.25, -0.2) is 4.79 Å². The SMILES string of the molecule is O=C1N/C(=C\c2ccc(OCc3ccc(Cl)cc3Cl)cc2)C(=O)N1Cc1ccc(Cl)cc1. The summed E-state index contributed by atoms with van der Waals surface area (Å²) < 4.78 is 5.77. The van der Waals surface area contributed by atoms with Crippen molar-refractivity contribution in [2.75, 3.05) is 0 Å². The number of ether oxygens (including phenoxy) is 1. The molecule has 0 saturated carbocycles. The lowest BCUT2D eigenvalue weighted by Gasteiger charge is -2.11. The highest BCUT2D eigenvalue weighted by atomic mass is 35.5. The first-order chi connectivity index (χ1) is 15.4. The molecule has 8 heteroatoms. The lowest BCUT2D eigenvalue weighted by Crippen LogP contribution is -2.30. The molecule has 0 aliphatic carbocycles. The molecule has 1 saturated heterocycles. The van der Waals surface area contributed by atoms with Gasteiger partial charge in [-0.1, -0.05) is 65.1 Å². The van der Waals surface area contributed by atoms with Gasteiger partial charge in [0.2, 0.25) is 0 Å². The number of rotatable bonds is 6. The van der Waals surface area contributed by atoms with E-state index in [1.807, 2.05) is 6.07 Å². The molecular weight excluding hydrogens is 471 g/mol. The Labute approximate surface area is 200 Å². The highest BCUT2D eigenvalue weighted by Crippen LogP contribution is 2.24. The number of carbonyl (C=O) groups is 2. The molecule has 0 aromatic heterocycles. The van der Waals surface area contributed by atoms with Gasteiger partial charge in [-0.15, -0.1) is 0 Å². The standard InChI is InChI=1S/C24H17Cl3N2O3/c25-18-6-1-16(2-7-18)13-29-23(30)22(28-24(29)31)11-15-3-9-20(10-4-15)32-14-17-5-8-19(26)12-21(17)27/h1-12H,13-14H2,(H,28,31)/b22-11-. The molecule has 1 heterocycles. The highest BCUT2D eigenvalue weighted by Gasteiger charge is 2.33. The summed E-state index contributed by atoms with van der Waals surface area (Å²) in [6.45, 7) is 0.462. The monoisotopic (exact) mass is 486 g/mol.